The lowest BCUT2D eigenvalue weighted by Crippen LogP contribution is -2.41. The monoisotopic (exact) mass is 198 g/mol. The summed E-state index contributed by atoms with van der Waals surface area (Å²) in [6.07, 6.45) is 5.86. The van der Waals surface area contributed by atoms with Crippen LogP contribution in [0.3, 0.4) is 0 Å². The molecule has 1 saturated heterocycles. The van der Waals surface area contributed by atoms with Crippen LogP contribution in [0.15, 0.2) is 18.5 Å². The summed E-state index contributed by atoms with van der Waals surface area (Å²) < 4.78 is 7.38. The molecule has 0 radical (unpaired) electrons. The first-order valence-corrected chi connectivity index (χ1v) is 5.19. The Hall–Kier alpha value is -0.480. The van der Waals surface area contributed by atoms with Crippen LogP contribution in [-0.4, -0.2) is 28.7 Å². The van der Waals surface area contributed by atoms with Gasteiger partial charge in [-0.3, -0.25) is 4.68 Å². The van der Waals surface area contributed by atoms with E-state index in [1.807, 2.05) is 23.1 Å². The molecule has 13 heavy (non-hydrogen) atoms. The number of hydrogen-bond acceptors (Lipinski definition) is 3. The first-order valence-electron chi connectivity index (χ1n) is 4.56. The Morgan fingerprint density at radius 1 is 1.46 bits per heavy atom. The Morgan fingerprint density at radius 3 is 2.77 bits per heavy atom. The number of rotatable bonds is 2. The summed E-state index contributed by atoms with van der Waals surface area (Å²) in [4.78, 5) is 0. The second-order valence-corrected chi connectivity index (χ2v) is 3.76. The smallest absolute Gasteiger partial charge is 0.0758 e. The van der Waals surface area contributed by atoms with Crippen molar-refractivity contribution in [3.05, 3.63) is 18.5 Å². The molecule has 0 bridgehead atoms. The summed E-state index contributed by atoms with van der Waals surface area (Å²) in [7, 11) is 0. The SMILES string of the molecule is SCC1(n2cccn2)CCOCC1. The molecule has 4 heteroatoms. The van der Waals surface area contributed by atoms with Gasteiger partial charge in [0.1, 0.15) is 0 Å². The molecule has 2 heterocycles. The number of thiol groups is 1. The predicted octanol–water partition coefficient (Wildman–Crippen LogP) is 1.32. The van der Waals surface area contributed by atoms with Crippen molar-refractivity contribution < 1.29 is 4.74 Å². The van der Waals surface area contributed by atoms with Gasteiger partial charge in [0.25, 0.3) is 0 Å². The molecule has 0 amide bonds. The summed E-state index contributed by atoms with van der Waals surface area (Å²) in [6.45, 7) is 1.64. The molecule has 0 spiro atoms. The molecule has 0 unspecified atom stereocenters. The van der Waals surface area contributed by atoms with Crippen LogP contribution in [-0.2, 0) is 10.3 Å². The Labute approximate surface area is 83.5 Å². The first kappa shape index (κ1) is 9.09. The largest absolute Gasteiger partial charge is 0.381 e. The van der Waals surface area contributed by atoms with Crippen molar-refractivity contribution >= 4 is 12.6 Å². The lowest BCUT2D eigenvalue weighted by atomic mass is 9.92. The number of nitrogens with zero attached hydrogens (tertiary/aromatic N) is 2. The topological polar surface area (TPSA) is 27.1 Å². The van der Waals surface area contributed by atoms with Gasteiger partial charge in [-0.1, -0.05) is 0 Å². The Morgan fingerprint density at radius 2 is 2.23 bits per heavy atom. The van der Waals surface area contributed by atoms with Crippen molar-refractivity contribution in [2.45, 2.75) is 18.4 Å². The van der Waals surface area contributed by atoms with Crippen LogP contribution in [0.5, 0.6) is 0 Å². The third kappa shape index (κ3) is 1.60. The fourth-order valence-electron chi connectivity index (χ4n) is 1.76. The van der Waals surface area contributed by atoms with Gasteiger partial charge in [-0.15, -0.1) is 0 Å². The van der Waals surface area contributed by atoms with Crippen LogP contribution < -0.4 is 0 Å². The normalized spacial score (nSPS) is 21.6. The van der Waals surface area contributed by atoms with Gasteiger partial charge in [-0.2, -0.15) is 17.7 Å². The predicted molar refractivity (Wildman–Crippen MR) is 54.1 cm³/mol. The van der Waals surface area contributed by atoms with Crippen molar-refractivity contribution in [2.75, 3.05) is 19.0 Å². The van der Waals surface area contributed by atoms with E-state index in [2.05, 4.69) is 17.7 Å². The van der Waals surface area contributed by atoms with Gasteiger partial charge in [0.15, 0.2) is 0 Å². The lowest BCUT2D eigenvalue weighted by molar-refractivity contribution is 0.0265. The zero-order valence-corrected chi connectivity index (χ0v) is 8.41. The zero-order valence-electron chi connectivity index (χ0n) is 7.52. The molecule has 0 saturated carbocycles. The zero-order chi connectivity index (χ0) is 9.15. The van der Waals surface area contributed by atoms with Crippen LogP contribution >= 0.6 is 12.6 Å². The molecule has 72 valence electrons. The van der Waals surface area contributed by atoms with Gasteiger partial charge in [0.2, 0.25) is 0 Å². The number of ether oxygens (including phenoxy) is 1. The van der Waals surface area contributed by atoms with Crippen LogP contribution in [0.1, 0.15) is 12.8 Å². The molecule has 3 nitrogen and oxygen atoms in total. The molecule has 1 fully saturated rings. The first-order chi connectivity index (χ1) is 6.37. The second kappa shape index (κ2) is 3.72. The number of hydrogen-bond donors (Lipinski definition) is 1. The van der Waals surface area contributed by atoms with Crippen LogP contribution in [0.25, 0.3) is 0 Å². The van der Waals surface area contributed by atoms with Crippen molar-refractivity contribution in [1.82, 2.24) is 9.78 Å². The summed E-state index contributed by atoms with van der Waals surface area (Å²) in [5.74, 6) is 0.831. The average molecular weight is 198 g/mol. The highest BCUT2D eigenvalue weighted by Crippen LogP contribution is 2.29. The van der Waals surface area contributed by atoms with Gasteiger partial charge in [-0.25, -0.2) is 0 Å². The molecule has 1 aliphatic heterocycles. The van der Waals surface area contributed by atoms with E-state index >= 15 is 0 Å². The van der Waals surface area contributed by atoms with Crippen LogP contribution in [0.2, 0.25) is 0 Å². The molecular weight excluding hydrogens is 184 g/mol. The van der Waals surface area contributed by atoms with Crippen molar-refractivity contribution in [1.29, 1.82) is 0 Å². The van der Waals surface area contributed by atoms with E-state index in [-0.39, 0.29) is 5.54 Å². The van der Waals surface area contributed by atoms with E-state index < -0.39 is 0 Å². The standard InChI is InChI=1S/C9H14N2OS/c13-8-9(2-6-12-7-3-9)11-5-1-4-10-11/h1,4-5,13H,2-3,6-8H2. The molecule has 2 rings (SSSR count). The van der Waals surface area contributed by atoms with Gasteiger partial charge in [0, 0.05) is 31.4 Å². The fraction of sp³-hybridized carbons (Fsp3) is 0.667. The maximum Gasteiger partial charge on any atom is 0.0758 e. The lowest BCUT2D eigenvalue weighted by Gasteiger charge is -2.36. The molecule has 1 aromatic rings. The third-order valence-corrected chi connectivity index (χ3v) is 3.30. The van der Waals surface area contributed by atoms with Gasteiger partial charge in [-0.05, 0) is 18.9 Å². The van der Waals surface area contributed by atoms with E-state index in [1.165, 1.54) is 0 Å². The summed E-state index contributed by atoms with van der Waals surface area (Å²) in [6, 6.07) is 1.96. The third-order valence-electron chi connectivity index (χ3n) is 2.71. The van der Waals surface area contributed by atoms with E-state index in [9.17, 15) is 0 Å². The quantitative estimate of drug-likeness (QED) is 0.726. The molecule has 0 aliphatic carbocycles. The highest BCUT2D eigenvalue weighted by atomic mass is 32.1. The Balaban J connectivity index is 2.23. The second-order valence-electron chi connectivity index (χ2n) is 3.45. The highest BCUT2D eigenvalue weighted by molar-refractivity contribution is 7.80. The fourth-order valence-corrected chi connectivity index (χ4v) is 2.22. The van der Waals surface area contributed by atoms with Gasteiger partial charge in [0.05, 0.1) is 5.54 Å². The Bertz CT molecular complexity index is 255. The minimum atomic E-state index is 0.0882. The van der Waals surface area contributed by atoms with Crippen LogP contribution in [0.4, 0.5) is 0 Å². The van der Waals surface area contributed by atoms with Crippen LogP contribution in [0, 0.1) is 0 Å². The summed E-state index contributed by atoms with van der Waals surface area (Å²) >= 11 is 4.42. The van der Waals surface area contributed by atoms with E-state index in [1.54, 1.807) is 0 Å². The van der Waals surface area contributed by atoms with Crippen molar-refractivity contribution in [3.63, 3.8) is 0 Å². The average Bonchev–Trinajstić information content (AvgIpc) is 2.72. The molecule has 0 atom stereocenters. The Kier molecular flexibility index (Phi) is 2.60. The summed E-state index contributed by atoms with van der Waals surface area (Å²) in [5.41, 5.74) is 0.0882. The van der Waals surface area contributed by atoms with E-state index in [0.29, 0.717) is 0 Å². The highest BCUT2D eigenvalue weighted by Gasteiger charge is 2.33. The maximum absolute atomic E-state index is 5.35. The van der Waals surface area contributed by atoms with E-state index in [4.69, 9.17) is 4.74 Å². The van der Waals surface area contributed by atoms with Gasteiger partial charge < -0.3 is 4.74 Å². The summed E-state index contributed by atoms with van der Waals surface area (Å²) in [5, 5.41) is 4.30. The molecule has 1 aromatic heterocycles. The maximum atomic E-state index is 5.35. The molecule has 0 aromatic carbocycles. The van der Waals surface area contributed by atoms with Crippen molar-refractivity contribution in [2.24, 2.45) is 0 Å². The van der Waals surface area contributed by atoms with Crippen molar-refractivity contribution in [3.8, 4) is 0 Å². The minimum Gasteiger partial charge on any atom is -0.381 e. The molecule has 0 N–H and O–H groups in total. The molecule has 1 aliphatic rings. The van der Waals surface area contributed by atoms with Gasteiger partial charge >= 0.3 is 0 Å². The van der Waals surface area contributed by atoms with E-state index in [0.717, 1.165) is 31.8 Å². The number of aromatic nitrogens is 2. The molecular formula is C9H14N2OS. The minimum absolute atomic E-state index is 0.0882.